The minimum Gasteiger partial charge on any atom is -0.459 e. The van der Waals surface area contributed by atoms with Gasteiger partial charge in [0.05, 0.1) is 23.3 Å². The van der Waals surface area contributed by atoms with Gasteiger partial charge in [-0.15, -0.1) is 0 Å². The van der Waals surface area contributed by atoms with Crippen molar-refractivity contribution < 1.29 is 17.2 Å². The molecule has 0 spiro atoms. The minimum atomic E-state index is -3.65. The van der Waals surface area contributed by atoms with Gasteiger partial charge in [0.1, 0.15) is 17.3 Å². The van der Waals surface area contributed by atoms with Gasteiger partial charge in [-0.1, -0.05) is 31.9 Å². The number of halogens is 3. The van der Waals surface area contributed by atoms with Gasteiger partial charge in [-0.05, 0) is 54.6 Å². The van der Waals surface area contributed by atoms with Gasteiger partial charge in [-0.25, -0.2) is 22.5 Å². The van der Waals surface area contributed by atoms with E-state index in [1.54, 1.807) is 30.3 Å². The van der Waals surface area contributed by atoms with Crippen LogP contribution in [0.1, 0.15) is 11.5 Å². The lowest BCUT2D eigenvalue weighted by atomic mass is 10.3. The van der Waals surface area contributed by atoms with E-state index in [0.717, 1.165) is 4.47 Å². The molecule has 0 aliphatic carbocycles. The van der Waals surface area contributed by atoms with Crippen LogP contribution in [0.15, 0.2) is 77.8 Å². The van der Waals surface area contributed by atoms with Crippen LogP contribution in [0.4, 0.5) is 10.1 Å². The lowest BCUT2D eigenvalue weighted by molar-refractivity contribution is 0.494. The first-order valence-electron chi connectivity index (χ1n) is 7.66. The maximum absolute atomic E-state index is 13.7. The molecule has 27 heavy (non-hydrogen) atoms. The molecular formula is C18H13Br2FN2O3S. The molecule has 0 atom stereocenters. The van der Waals surface area contributed by atoms with Crippen LogP contribution in [0.2, 0.25) is 0 Å². The third kappa shape index (κ3) is 5.35. The Morgan fingerprint density at radius 3 is 2.44 bits per heavy atom. The zero-order valence-electron chi connectivity index (χ0n) is 13.7. The third-order valence-corrected chi connectivity index (χ3v) is 5.92. The lowest BCUT2D eigenvalue weighted by Gasteiger charge is -2.05. The lowest BCUT2D eigenvalue weighted by Crippen LogP contribution is -2.22. The normalized spacial score (nSPS) is 12.0. The van der Waals surface area contributed by atoms with Gasteiger partial charge < -0.3 is 4.42 Å². The summed E-state index contributed by atoms with van der Waals surface area (Å²) in [5, 5.41) is 0. The summed E-state index contributed by atoms with van der Waals surface area (Å²) < 4.78 is 47.6. The molecule has 0 aliphatic rings. The van der Waals surface area contributed by atoms with Crippen molar-refractivity contribution in [3.8, 4) is 0 Å². The molecule has 9 heteroatoms. The maximum Gasteiger partial charge on any atom is 0.240 e. The van der Waals surface area contributed by atoms with Crippen LogP contribution in [0, 0.1) is 5.82 Å². The van der Waals surface area contributed by atoms with Crippen LogP contribution >= 0.6 is 31.9 Å². The Labute approximate surface area is 172 Å². The summed E-state index contributed by atoms with van der Waals surface area (Å²) in [4.78, 5) is 4.19. The monoisotopic (exact) mass is 514 g/mol. The number of rotatable bonds is 6. The second-order valence-electron chi connectivity index (χ2n) is 5.44. The molecule has 2 aromatic carbocycles. The minimum absolute atomic E-state index is 0.0150. The van der Waals surface area contributed by atoms with Crippen molar-refractivity contribution in [1.82, 2.24) is 4.72 Å². The standard InChI is InChI=1S/C18H13Br2FN2O3S/c19-12-1-6-16(7-2-12)27(24,25)23-11-15-5-4-14(26-15)10-22-18-8-3-13(20)9-17(18)21/h1-10,23H,11H2. The molecule has 0 unspecified atom stereocenters. The van der Waals surface area contributed by atoms with Crippen LogP contribution in [0.5, 0.6) is 0 Å². The highest BCUT2D eigenvalue weighted by Crippen LogP contribution is 2.22. The van der Waals surface area contributed by atoms with Crippen LogP contribution in [-0.2, 0) is 16.6 Å². The predicted molar refractivity (Wildman–Crippen MR) is 108 cm³/mol. The summed E-state index contributed by atoms with van der Waals surface area (Å²) in [5.41, 5.74) is 0.173. The molecule has 0 aliphatic heterocycles. The van der Waals surface area contributed by atoms with Crippen LogP contribution < -0.4 is 4.72 Å². The second kappa shape index (κ2) is 8.47. The SMILES string of the molecule is O=S(=O)(NCc1ccc(C=Nc2ccc(Br)cc2F)o1)c1ccc(Br)cc1. The Kier molecular flexibility index (Phi) is 6.25. The Balaban J connectivity index is 1.65. The number of hydrogen-bond acceptors (Lipinski definition) is 4. The fourth-order valence-electron chi connectivity index (χ4n) is 2.14. The van der Waals surface area contributed by atoms with Gasteiger partial charge in [0.2, 0.25) is 10.0 Å². The number of hydrogen-bond donors (Lipinski definition) is 1. The fourth-order valence-corrected chi connectivity index (χ4v) is 3.73. The van der Waals surface area contributed by atoms with Crippen molar-refractivity contribution in [3.63, 3.8) is 0 Å². The molecule has 0 saturated carbocycles. The number of nitrogens with one attached hydrogen (secondary N) is 1. The first-order chi connectivity index (χ1) is 12.8. The van der Waals surface area contributed by atoms with E-state index in [-0.39, 0.29) is 17.1 Å². The predicted octanol–water partition coefficient (Wildman–Crippen LogP) is 5.17. The number of nitrogens with zero attached hydrogens (tertiary/aromatic N) is 1. The summed E-state index contributed by atoms with van der Waals surface area (Å²) in [7, 11) is -3.65. The largest absolute Gasteiger partial charge is 0.459 e. The van der Waals surface area contributed by atoms with E-state index in [0.29, 0.717) is 16.0 Å². The average Bonchev–Trinajstić information content (AvgIpc) is 3.08. The molecule has 1 N–H and O–H groups in total. The third-order valence-electron chi connectivity index (χ3n) is 3.48. The molecule has 0 amide bonds. The first kappa shape index (κ1) is 19.9. The highest BCUT2D eigenvalue weighted by atomic mass is 79.9. The smallest absolute Gasteiger partial charge is 0.240 e. The topological polar surface area (TPSA) is 71.7 Å². The van der Waals surface area contributed by atoms with Crippen molar-refractivity contribution in [1.29, 1.82) is 0 Å². The summed E-state index contributed by atoms with van der Waals surface area (Å²) >= 11 is 6.44. The quantitative estimate of drug-likeness (QED) is 0.460. The van der Waals surface area contributed by atoms with E-state index in [9.17, 15) is 12.8 Å². The van der Waals surface area contributed by atoms with Crippen LogP contribution in [0.3, 0.4) is 0 Å². The summed E-state index contributed by atoms with van der Waals surface area (Å²) in [6, 6.07) is 14.1. The summed E-state index contributed by atoms with van der Waals surface area (Å²) in [6.07, 6.45) is 1.37. The van der Waals surface area contributed by atoms with E-state index < -0.39 is 15.8 Å². The van der Waals surface area contributed by atoms with Crippen LogP contribution in [-0.4, -0.2) is 14.6 Å². The Morgan fingerprint density at radius 2 is 1.74 bits per heavy atom. The van der Waals surface area contributed by atoms with Crippen LogP contribution in [0.25, 0.3) is 0 Å². The van der Waals surface area contributed by atoms with Crippen molar-refractivity contribution in [3.05, 3.63) is 80.9 Å². The van der Waals surface area contributed by atoms with E-state index in [4.69, 9.17) is 4.42 Å². The maximum atomic E-state index is 13.7. The molecule has 0 saturated heterocycles. The highest BCUT2D eigenvalue weighted by Gasteiger charge is 2.14. The first-order valence-corrected chi connectivity index (χ1v) is 10.7. The Morgan fingerprint density at radius 1 is 1.04 bits per heavy atom. The molecule has 3 aromatic rings. The number of benzene rings is 2. The molecule has 1 heterocycles. The summed E-state index contributed by atoms with van der Waals surface area (Å²) in [5.74, 6) is 0.332. The van der Waals surface area contributed by atoms with Crippen molar-refractivity contribution >= 4 is 53.8 Å². The van der Waals surface area contributed by atoms with Gasteiger partial charge in [0.25, 0.3) is 0 Å². The molecule has 0 radical (unpaired) electrons. The van der Waals surface area contributed by atoms with E-state index in [1.807, 2.05) is 0 Å². The fraction of sp³-hybridized carbons (Fsp3) is 0.0556. The Bertz CT molecular complexity index is 1080. The second-order valence-corrected chi connectivity index (χ2v) is 9.03. The molecule has 0 fully saturated rings. The molecule has 5 nitrogen and oxygen atoms in total. The molecular weight excluding hydrogens is 503 g/mol. The van der Waals surface area contributed by atoms with Gasteiger partial charge in [-0.2, -0.15) is 0 Å². The van der Waals surface area contributed by atoms with E-state index >= 15 is 0 Å². The molecule has 3 rings (SSSR count). The molecule has 0 bridgehead atoms. The van der Waals surface area contributed by atoms with Crippen molar-refractivity contribution in [2.24, 2.45) is 4.99 Å². The van der Waals surface area contributed by atoms with E-state index in [2.05, 4.69) is 41.6 Å². The van der Waals surface area contributed by atoms with Gasteiger partial charge in [0.15, 0.2) is 0 Å². The molecule has 140 valence electrons. The van der Waals surface area contributed by atoms with E-state index in [1.165, 1.54) is 30.5 Å². The Hall–Kier alpha value is -1.81. The summed E-state index contributed by atoms with van der Waals surface area (Å²) in [6.45, 7) is -0.0150. The number of furan rings is 1. The van der Waals surface area contributed by atoms with Gasteiger partial charge in [0, 0.05) is 8.95 Å². The zero-order chi connectivity index (χ0) is 19.4. The van der Waals surface area contributed by atoms with Crippen molar-refractivity contribution in [2.75, 3.05) is 0 Å². The zero-order valence-corrected chi connectivity index (χ0v) is 17.7. The van der Waals surface area contributed by atoms with Gasteiger partial charge >= 0.3 is 0 Å². The average molecular weight is 516 g/mol. The number of sulfonamides is 1. The molecule has 1 aromatic heterocycles. The van der Waals surface area contributed by atoms with Crippen molar-refractivity contribution in [2.45, 2.75) is 11.4 Å². The number of aliphatic imine (C=N–C) groups is 1. The highest BCUT2D eigenvalue weighted by molar-refractivity contribution is 9.10. The van der Waals surface area contributed by atoms with Gasteiger partial charge in [-0.3, -0.25) is 0 Å².